The summed E-state index contributed by atoms with van der Waals surface area (Å²) in [7, 11) is 0. The molecule has 0 radical (unpaired) electrons. The SMILES string of the molecule is OCc1n[nH]c(=S)n1-c1ccc(C(F)(F)F)cc1Cl. The molecule has 0 atom stereocenters. The number of aliphatic hydroxyl groups is 1. The average molecular weight is 310 g/mol. The third kappa shape index (κ3) is 2.65. The van der Waals surface area contributed by atoms with E-state index in [9.17, 15) is 13.2 Å². The van der Waals surface area contributed by atoms with Crippen LogP contribution in [-0.4, -0.2) is 19.9 Å². The Balaban J connectivity index is 2.59. The van der Waals surface area contributed by atoms with E-state index >= 15 is 0 Å². The molecule has 0 saturated carbocycles. The van der Waals surface area contributed by atoms with E-state index in [2.05, 4.69) is 10.2 Å². The normalized spacial score (nSPS) is 11.8. The van der Waals surface area contributed by atoms with Crippen molar-refractivity contribution in [2.24, 2.45) is 0 Å². The van der Waals surface area contributed by atoms with Crippen LogP contribution in [-0.2, 0) is 12.8 Å². The molecule has 2 aromatic rings. The first-order valence-electron chi connectivity index (χ1n) is 4.99. The first kappa shape index (κ1) is 14.0. The third-order valence-corrected chi connectivity index (χ3v) is 2.98. The maximum Gasteiger partial charge on any atom is 0.416 e. The fourth-order valence-electron chi connectivity index (χ4n) is 1.55. The van der Waals surface area contributed by atoms with Gasteiger partial charge in [0.05, 0.1) is 16.3 Å². The molecule has 19 heavy (non-hydrogen) atoms. The Morgan fingerprint density at radius 2 is 2.11 bits per heavy atom. The van der Waals surface area contributed by atoms with Crippen LogP contribution in [0.5, 0.6) is 0 Å². The van der Waals surface area contributed by atoms with E-state index < -0.39 is 18.3 Å². The van der Waals surface area contributed by atoms with E-state index in [4.69, 9.17) is 28.9 Å². The van der Waals surface area contributed by atoms with E-state index in [0.717, 1.165) is 12.1 Å². The van der Waals surface area contributed by atoms with Crippen molar-refractivity contribution in [3.63, 3.8) is 0 Å². The number of aromatic nitrogens is 3. The molecule has 9 heteroatoms. The number of halogens is 4. The van der Waals surface area contributed by atoms with Crippen LogP contribution in [0.15, 0.2) is 18.2 Å². The lowest BCUT2D eigenvalue weighted by Gasteiger charge is -2.11. The summed E-state index contributed by atoms with van der Waals surface area (Å²) in [6.45, 7) is -0.426. The number of aliphatic hydroxyl groups excluding tert-OH is 1. The summed E-state index contributed by atoms with van der Waals surface area (Å²) in [6.07, 6.45) is -4.47. The molecule has 0 aliphatic rings. The average Bonchev–Trinajstić information content (AvgIpc) is 2.69. The van der Waals surface area contributed by atoms with Gasteiger partial charge >= 0.3 is 6.18 Å². The van der Waals surface area contributed by atoms with Gasteiger partial charge in [0, 0.05) is 0 Å². The van der Waals surface area contributed by atoms with E-state index in [1.807, 2.05) is 0 Å². The number of benzene rings is 1. The summed E-state index contributed by atoms with van der Waals surface area (Å²) >= 11 is 10.8. The molecule has 0 aliphatic heterocycles. The lowest BCUT2D eigenvalue weighted by atomic mass is 10.2. The monoisotopic (exact) mass is 309 g/mol. The number of hydrogen-bond acceptors (Lipinski definition) is 3. The minimum atomic E-state index is -4.47. The van der Waals surface area contributed by atoms with Crippen LogP contribution in [0.4, 0.5) is 13.2 Å². The van der Waals surface area contributed by atoms with Gasteiger partial charge in [-0.25, -0.2) is 0 Å². The molecular formula is C10H7ClF3N3OS. The predicted molar refractivity (Wildman–Crippen MR) is 64.7 cm³/mol. The second kappa shape index (κ2) is 4.95. The van der Waals surface area contributed by atoms with Crippen molar-refractivity contribution in [3.05, 3.63) is 39.4 Å². The fraction of sp³-hybridized carbons (Fsp3) is 0.200. The van der Waals surface area contributed by atoms with E-state index in [1.54, 1.807) is 0 Å². The maximum absolute atomic E-state index is 12.5. The second-order valence-electron chi connectivity index (χ2n) is 3.60. The minimum absolute atomic E-state index is 0.130. The zero-order valence-corrected chi connectivity index (χ0v) is 10.8. The number of rotatable bonds is 2. The molecular weight excluding hydrogens is 303 g/mol. The Bertz CT molecular complexity index is 665. The molecule has 4 nitrogen and oxygen atoms in total. The molecule has 2 rings (SSSR count). The number of hydrogen-bond donors (Lipinski definition) is 2. The Morgan fingerprint density at radius 3 is 2.63 bits per heavy atom. The van der Waals surface area contributed by atoms with Crippen molar-refractivity contribution in [2.45, 2.75) is 12.8 Å². The standard InChI is InChI=1S/C10H7ClF3N3OS/c11-6-3-5(10(12,13)14)1-2-7(6)17-8(4-18)15-16-9(17)19/h1-3,18H,4H2,(H,16,19). The number of alkyl halides is 3. The molecule has 0 amide bonds. The summed E-state index contributed by atoms with van der Waals surface area (Å²) in [6, 6.07) is 2.86. The molecule has 102 valence electrons. The largest absolute Gasteiger partial charge is 0.416 e. The van der Waals surface area contributed by atoms with Crippen molar-refractivity contribution in [3.8, 4) is 5.69 Å². The quantitative estimate of drug-likeness (QED) is 0.838. The lowest BCUT2D eigenvalue weighted by molar-refractivity contribution is -0.137. The van der Waals surface area contributed by atoms with Crippen molar-refractivity contribution in [1.29, 1.82) is 0 Å². The number of nitrogens with zero attached hydrogens (tertiary/aromatic N) is 2. The molecule has 0 unspecified atom stereocenters. The topological polar surface area (TPSA) is 53.8 Å². The zero-order valence-electron chi connectivity index (χ0n) is 9.20. The van der Waals surface area contributed by atoms with Crippen LogP contribution in [0.25, 0.3) is 5.69 Å². The highest BCUT2D eigenvalue weighted by Gasteiger charge is 2.31. The molecule has 0 spiro atoms. The van der Waals surface area contributed by atoms with Gasteiger partial charge in [-0.3, -0.25) is 9.67 Å². The fourth-order valence-corrected chi connectivity index (χ4v) is 2.06. The summed E-state index contributed by atoms with van der Waals surface area (Å²) in [5, 5.41) is 15.1. The van der Waals surface area contributed by atoms with Crippen LogP contribution in [0.3, 0.4) is 0 Å². The van der Waals surface area contributed by atoms with Gasteiger partial charge in [0.25, 0.3) is 0 Å². The van der Waals surface area contributed by atoms with Gasteiger partial charge in [0.15, 0.2) is 10.6 Å². The summed E-state index contributed by atoms with van der Waals surface area (Å²) in [5.74, 6) is 0.159. The highest BCUT2D eigenvalue weighted by atomic mass is 35.5. The zero-order chi connectivity index (χ0) is 14.2. The van der Waals surface area contributed by atoms with Gasteiger partial charge in [-0.1, -0.05) is 11.6 Å². The highest BCUT2D eigenvalue weighted by Crippen LogP contribution is 2.33. The van der Waals surface area contributed by atoms with Gasteiger partial charge in [-0.2, -0.15) is 18.3 Å². The van der Waals surface area contributed by atoms with Crippen molar-refractivity contribution < 1.29 is 18.3 Å². The molecule has 1 aromatic heterocycles. The minimum Gasteiger partial charge on any atom is -0.388 e. The summed E-state index contributed by atoms with van der Waals surface area (Å²) in [5.41, 5.74) is -0.640. The molecule has 0 fully saturated rings. The van der Waals surface area contributed by atoms with Gasteiger partial charge in [0.1, 0.15) is 6.61 Å². The van der Waals surface area contributed by atoms with Crippen molar-refractivity contribution in [1.82, 2.24) is 14.8 Å². The molecule has 1 aromatic carbocycles. The van der Waals surface area contributed by atoms with Crippen LogP contribution in [0.1, 0.15) is 11.4 Å². The Kier molecular flexibility index (Phi) is 3.66. The molecule has 2 N–H and O–H groups in total. The first-order chi connectivity index (χ1) is 8.84. The Morgan fingerprint density at radius 1 is 1.42 bits per heavy atom. The molecule has 0 aliphatic carbocycles. The van der Waals surface area contributed by atoms with Gasteiger partial charge < -0.3 is 5.11 Å². The lowest BCUT2D eigenvalue weighted by Crippen LogP contribution is -2.07. The highest BCUT2D eigenvalue weighted by molar-refractivity contribution is 7.71. The summed E-state index contributed by atoms with van der Waals surface area (Å²) in [4.78, 5) is 0. The van der Waals surface area contributed by atoms with Crippen LogP contribution >= 0.6 is 23.8 Å². The number of aromatic amines is 1. The number of H-pyrrole nitrogens is 1. The van der Waals surface area contributed by atoms with Gasteiger partial charge in [0.2, 0.25) is 0 Å². The Labute approximate surface area is 115 Å². The van der Waals surface area contributed by atoms with Crippen LogP contribution in [0, 0.1) is 4.77 Å². The van der Waals surface area contributed by atoms with Gasteiger partial charge in [-0.15, -0.1) is 0 Å². The first-order valence-corrected chi connectivity index (χ1v) is 5.77. The van der Waals surface area contributed by atoms with Crippen molar-refractivity contribution >= 4 is 23.8 Å². The molecule has 0 bridgehead atoms. The van der Waals surface area contributed by atoms with E-state index in [1.165, 1.54) is 10.6 Å². The van der Waals surface area contributed by atoms with Gasteiger partial charge in [-0.05, 0) is 30.4 Å². The van der Waals surface area contributed by atoms with Crippen LogP contribution in [0.2, 0.25) is 5.02 Å². The van der Waals surface area contributed by atoms with Crippen molar-refractivity contribution in [2.75, 3.05) is 0 Å². The second-order valence-corrected chi connectivity index (χ2v) is 4.40. The molecule has 0 saturated heterocycles. The summed E-state index contributed by atoms with van der Waals surface area (Å²) < 4.78 is 39.0. The van der Waals surface area contributed by atoms with Crippen LogP contribution < -0.4 is 0 Å². The number of nitrogens with one attached hydrogen (secondary N) is 1. The Hall–Kier alpha value is -1.38. The molecule has 1 heterocycles. The smallest absolute Gasteiger partial charge is 0.388 e. The van der Waals surface area contributed by atoms with E-state index in [0.29, 0.717) is 0 Å². The third-order valence-electron chi connectivity index (χ3n) is 2.40. The maximum atomic E-state index is 12.5. The predicted octanol–water partition coefficient (Wildman–Crippen LogP) is 3.09. The van der Waals surface area contributed by atoms with E-state index in [-0.39, 0.29) is 21.3 Å².